The van der Waals surface area contributed by atoms with Gasteiger partial charge < -0.3 is 0 Å². The average molecular weight is 257 g/mol. The Morgan fingerprint density at radius 2 is 1.95 bits per heavy atom. The number of hydrazine groups is 1. The molecule has 3 N–H and O–H groups in total. The summed E-state index contributed by atoms with van der Waals surface area (Å²) in [5, 5.41) is 38.0. The maximum Gasteiger partial charge on any atom is 0.269 e. The monoisotopic (exact) mass is 257 g/mol. The first-order chi connectivity index (χ1) is 9.08. The van der Waals surface area contributed by atoms with E-state index in [0.717, 1.165) is 0 Å². The summed E-state index contributed by atoms with van der Waals surface area (Å²) in [6.45, 7) is 0. The molecule has 0 radical (unpaired) electrons. The van der Waals surface area contributed by atoms with E-state index in [-0.39, 0.29) is 11.4 Å². The number of nitrogens with zero attached hydrogens (tertiary/aromatic N) is 4. The molecule has 1 aromatic rings. The van der Waals surface area contributed by atoms with Crippen LogP contribution < -0.4 is 11.0 Å². The Labute approximate surface area is 107 Å². The standard InChI is InChI=1S/C10H7N7O2/c11-5-9(13)10(6-12)15-16-14-7-1-3-8(4-2-7)17(18)19/h1-4,13-14,16H/b13-9?,15-10+. The van der Waals surface area contributed by atoms with Crippen molar-refractivity contribution < 1.29 is 4.92 Å². The number of benzene rings is 1. The fraction of sp³-hybridized carbons (Fsp3) is 0. The topological polar surface area (TPSA) is 151 Å². The Balaban J connectivity index is 2.65. The van der Waals surface area contributed by atoms with Gasteiger partial charge in [-0.15, -0.1) is 5.10 Å². The van der Waals surface area contributed by atoms with Gasteiger partial charge in [0, 0.05) is 12.1 Å². The van der Waals surface area contributed by atoms with E-state index < -0.39 is 10.6 Å². The van der Waals surface area contributed by atoms with Gasteiger partial charge >= 0.3 is 0 Å². The second-order valence-corrected chi connectivity index (χ2v) is 3.10. The van der Waals surface area contributed by atoms with Gasteiger partial charge in [0.25, 0.3) is 5.69 Å². The van der Waals surface area contributed by atoms with Crippen LogP contribution in [0.3, 0.4) is 0 Å². The van der Waals surface area contributed by atoms with Crippen molar-refractivity contribution in [2.75, 3.05) is 5.43 Å². The van der Waals surface area contributed by atoms with E-state index in [1.807, 2.05) is 0 Å². The third-order valence-electron chi connectivity index (χ3n) is 1.90. The highest BCUT2D eigenvalue weighted by molar-refractivity contribution is 6.52. The minimum absolute atomic E-state index is 0.0574. The van der Waals surface area contributed by atoms with Crippen LogP contribution in [0.15, 0.2) is 29.4 Å². The number of nitriles is 2. The minimum atomic E-state index is -0.569. The smallest absolute Gasteiger partial charge is 0.269 e. The van der Waals surface area contributed by atoms with Crippen molar-refractivity contribution in [2.45, 2.75) is 0 Å². The van der Waals surface area contributed by atoms with E-state index in [2.05, 4.69) is 16.1 Å². The summed E-state index contributed by atoms with van der Waals surface area (Å²) in [6, 6.07) is 8.49. The first kappa shape index (κ1) is 13.6. The van der Waals surface area contributed by atoms with Gasteiger partial charge in [0.15, 0.2) is 11.4 Å². The minimum Gasteiger partial charge on any atom is -0.288 e. The molecule has 1 aromatic carbocycles. The maximum atomic E-state index is 10.4. The number of nitrogens with one attached hydrogen (secondary N) is 3. The lowest BCUT2D eigenvalue weighted by Gasteiger charge is -2.04. The molecule has 9 nitrogen and oxygen atoms in total. The molecule has 19 heavy (non-hydrogen) atoms. The molecule has 0 heterocycles. The zero-order valence-corrected chi connectivity index (χ0v) is 9.41. The van der Waals surface area contributed by atoms with Crippen molar-refractivity contribution in [2.24, 2.45) is 5.10 Å². The number of non-ortho nitro benzene ring substituents is 1. The summed E-state index contributed by atoms with van der Waals surface area (Å²) >= 11 is 0. The second kappa shape index (κ2) is 6.32. The fourth-order valence-corrected chi connectivity index (χ4v) is 1.00. The molecule has 0 unspecified atom stereocenters. The third kappa shape index (κ3) is 3.80. The van der Waals surface area contributed by atoms with E-state index in [4.69, 9.17) is 15.9 Å². The van der Waals surface area contributed by atoms with Gasteiger partial charge in [-0.2, -0.15) is 10.5 Å². The van der Waals surface area contributed by atoms with Crippen molar-refractivity contribution in [3.8, 4) is 12.1 Å². The molecule has 9 heteroatoms. The predicted octanol–water partition coefficient (Wildman–Crippen LogP) is 0.934. The van der Waals surface area contributed by atoms with Crippen molar-refractivity contribution in [3.05, 3.63) is 34.4 Å². The summed E-state index contributed by atoms with van der Waals surface area (Å²) in [7, 11) is 0. The van der Waals surface area contributed by atoms with Crippen LogP contribution in [-0.4, -0.2) is 16.3 Å². The Bertz CT molecular complexity index is 606. The van der Waals surface area contributed by atoms with E-state index in [1.165, 1.54) is 30.3 Å². The van der Waals surface area contributed by atoms with Crippen LogP contribution in [0.4, 0.5) is 11.4 Å². The Hall–Kier alpha value is -3.46. The molecule has 0 bridgehead atoms. The zero-order chi connectivity index (χ0) is 14.3. The molecule has 0 fully saturated rings. The van der Waals surface area contributed by atoms with Crippen molar-refractivity contribution in [1.29, 1.82) is 15.9 Å². The molecule has 0 aromatic heterocycles. The molecular formula is C10H7N7O2. The van der Waals surface area contributed by atoms with Gasteiger partial charge in [0.2, 0.25) is 0 Å². The number of hydrazone groups is 1. The van der Waals surface area contributed by atoms with Gasteiger partial charge in [-0.1, -0.05) is 0 Å². The Morgan fingerprint density at radius 3 is 2.42 bits per heavy atom. The lowest BCUT2D eigenvalue weighted by Crippen LogP contribution is -2.20. The van der Waals surface area contributed by atoms with Crippen LogP contribution in [-0.2, 0) is 0 Å². The Morgan fingerprint density at radius 1 is 1.32 bits per heavy atom. The highest BCUT2D eigenvalue weighted by Gasteiger charge is 2.05. The van der Waals surface area contributed by atoms with Gasteiger partial charge in [0.05, 0.1) is 10.6 Å². The molecule has 0 aliphatic carbocycles. The van der Waals surface area contributed by atoms with Crippen LogP contribution in [0, 0.1) is 38.2 Å². The lowest BCUT2D eigenvalue weighted by molar-refractivity contribution is -0.384. The van der Waals surface area contributed by atoms with Gasteiger partial charge in [-0.05, 0) is 12.1 Å². The van der Waals surface area contributed by atoms with Crippen LogP contribution in [0.1, 0.15) is 0 Å². The van der Waals surface area contributed by atoms with Crippen molar-refractivity contribution in [3.63, 3.8) is 0 Å². The second-order valence-electron chi connectivity index (χ2n) is 3.10. The molecule has 0 spiro atoms. The first-order valence-corrected chi connectivity index (χ1v) is 4.80. The molecule has 0 aliphatic heterocycles. The highest BCUT2D eigenvalue weighted by Crippen LogP contribution is 2.14. The third-order valence-corrected chi connectivity index (χ3v) is 1.90. The molecule has 0 saturated carbocycles. The van der Waals surface area contributed by atoms with E-state index in [1.54, 1.807) is 6.07 Å². The van der Waals surface area contributed by atoms with E-state index >= 15 is 0 Å². The molecule has 0 saturated heterocycles. The molecule has 0 aliphatic rings. The predicted molar refractivity (Wildman–Crippen MR) is 66.2 cm³/mol. The SMILES string of the molecule is N#CC(=N)/C(C#N)=N/NNc1ccc([N+](=O)[O-])cc1. The molecule has 0 atom stereocenters. The van der Waals surface area contributed by atoms with Crippen molar-refractivity contribution in [1.82, 2.24) is 5.53 Å². The molecule has 94 valence electrons. The number of hydrogen-bond acceptors (Lipinski definition) is 8. The number of nitro groups is 1. The number of rotatable bonds is 5. The van der Waals surface area contributed by atoms with Crippen LogP contribution in [0.2, 0.25) is 0 Å². The quantitative estimate of drug-likeness (QED) is 0.405. The lowest BCUT2D eigenvalue weighted by atomic mass is 10.3. The summed E-state index contributed by atoms with van der Waals surface area (Å²) in [4.78, 5) is 9.89. The van der Waals surface area contributed by atoms with Crippen LogP contribution in [0.5, 0.6) is 0 Å². The molecular weight excluding hydrogens is 250 g/mol. The number of hydrogen-bond donors (Lipinski definition) is 3. The number of anilines is 1. The zero-order valence-electron chi connectivity index (χ0n) is 9.41. The molecule has 0 amide bonds. The van der Waals surface area contributed by atoms with Crippen LogP contribution in [0.25, 0.3) is 0 Å². The van der Waals surface area contributed by atoms with Crippen molar-refractivity contribution >= 4 is 22.8 Å². The summed E-state index contributed by atoms with van der Waals surface area (Å²) in [5.74, 6) is 0. The average Bonchev–Trinajstić information content (AvgIpc) is 2.43. The first-order valence-electron chi connectivity index (χ1n) is 4.80. The van der Waals surface area contributed by atoms with Crippen LogP contribution >= 0.6 is 0 Å². The molecule has 1 rings (SSSR count). The normalized spacial score (nSPS) is 9.89. The summed E-state index contributed by atoms with van der Waals surface area (Å²) in [6.07, 6.45) is 0. The van der Waals surface area contributed by atoms with Gasteiger partial charge in [-0.3, -0.25) is 20.9 Å². The highest BCUT2D eigenvalue weighted by atomic mass is 16.6. The largest absolute Gasteiger partial charge is 0.288 e. The summed E-state index contributed by atoms with van der Waals surface area (Å²) in [5.41, 5.74) is 4.27. The maximum absolute atomic E-state index is 10.4. The van der Waals surface area contributed by atoms with Gasteiger partial charge in [0.1, 0.15) is 12.1 Å². The fourth-order valence-electron chi connectivity index (χ4n) is 1.00. The number of nitro benzene ring substituents is 1. The van der Waals surface area contributed by atoms with Gasteiger partial charge in [-0.25, -0.2) is 5.53 Å². The van der Waals surface area contributed by atoms with E-state index in [0.29, 0.717) is 5.69 Å². The summed E-state index contributed by atoms with van der Waals surface area (Å²) < 4.78 is 0. The van der Waals surface area contributed by atoms with E-state index in [9.17, 15) is 10.1 Å². The Kier molecular flexibility index (Phi) is 4.52.